The molecular formula is H2ClNO2. The minimum absolute atomic E-state index is 0.528. The Morgan fingerprint density at radius 3 is 1.50 bits per heavy atom. The Hall–Kier alpha value is 0.170. The highest BCUT2D eigenvalue weighted by atomic mass is 35.5. The molecule has 26 valence electrons. The van der Waals surface area contributed by atoms with E-state index in [9.17, 15) is 0 Å². The van der Waals surface area contributed by atoms with Crippen molar-refractivity contribution in [3.8, 4) is 0 Å². The van der Waals surface area contributed by atoms with E-state index >= 15 is 0 Å². The molecular weight excluding hydrogens is 81.5 g/mol. The molecule has 0 spiro atoms. The summed E-state index contributed by atoms with van der Waals surface area (Å²) >= 11 is 4.22. The third kappa shape index (κ3) is 103. The molecule has 4 heavy (non-hydrogen) atoms. The fourth-order valence-electron chi connectivity index (χ4n) is 0. The standard InChI is InChI=1S/ClH2NO2/c1-2(3)4/h3-4H. The van der Waals surface area contributed by atoms with Gasteiger partial charge in [0, 0.05) is 16.5 Å². The molecule has 0 bridgehead atoms. The van der Waals surface area contributed by atoms with Gasteiger partial charge in [-0.2, -0.15) is 0 Å². The molecule has 0 saturated heterocycles. The summed E-state index contributed by atoms with van der Waals surface area (Å²) in [4.78, 5) is 0. The topological polar surface area (TPSA) is 43.7 Å². The van der Waals surface area contributed by atoms with Gasteiger partial charge in [0.25, 0.3) is 0 Å². The highest BCUT2D eigenvalue weighted by Gasteiger charge is 1.67. The Morgan fingerprint density at radius 1 is 1.50 bits per heavy atom. The van der Waals surface area contributed by atoms with Crippen molar-refractivity contribution in [2.45, 2.75) is 0 Å². The predicted octanol–water partition coefficient (Wildman–Crippen LogP) is 0.221. The minimum atomic E-state index is -0.528. The van der Waals surface area contributed by atoms with Crippen LogP contribution in [-0.4, -0.2) is 15.2 Å². The van der Waals surface area contributed by atoms with Gasteiger partial charge in [-0.15, -0.1) is 0 Å². The van der Waals surface area contributed by atoms with Crippen LogP contribution in [0.4, 0.5) is 0 Å². The quantitative estimate of drug-likeness (QED) is 0.325. The Labute approximate surface area is 28.0 Å². The molecule has 2 N–H and O–H groups in total. The van der Waals surface area contributed by atoms with E-state index in [4.69, 9.17) is 10.4 Å². The molecule has 0 saturated carbocycles. The minimum Gasteiger partial charge on any atom is -0.275 e. The molecule has 0 radical (unpaired) electrons. The van der Waals surface area contributed by atoms with Crippen LogP contribution in [0, 0.1) is 0 Å². The van der Waals surface area contributed by atoms with E-state index < -0.39 is 4.75 Å². The van der Waals surface area contributed by atoms with Crippen LogP contribution in [0.5, 0.6) is 0 Å². The first-order valence-electron chi connectivity index (χ1n) is 0.569. The molecule has 0 fully saturated rings. The summed E-state index contributed by atoms with van der Waals surface area (Å²) in [5, 5.41) is 14.4. The maximum absolute atomic E-state index is 7.21. The first-order chi connectivity index (χ1) is 1.73. The molecule has 0 aliphatic carbocycles. The Kier molecular flexibility index (Phi) is 1.55. The molecule has 4 heteroatoms. The zero-order valence-electron chi connectivity index (χ0n) is 1.72. The highest BCUT2D eigenvalue weighted by molar-refractivity contribution is 6.11. The van der Waals surface area contributed by atoms with Crippen molar-refractivity contribution in [2.24, 2.45) is 0 Å². The molecule has 0 aliphatic heterocycles. The molecule has 0 atom stereocenters. The van der Waals surface area contributed by atoms with Gasteiger partial charge in [-0.3, -0.25) is 10.4 Å². The molecule has 0 aromatic carbocycles. The molecule has 0 unspecified atom stereocenters. The third-order valence-corrected chi connectivity index (χ3v) is 0. The van der Waals surface area contributed by atoms with E-state index in [0.717, 1.165) is 0 Å². The second kappa shape index (κ2) is 1.49. The van der Waals surface area contributed by atoms with Gasteiger partial charge >= 0.3 is 0 Å². The van der Waals surface area contributed by atoms with Gasteiger partial charge in [-0.25, -0.2) is 0 Å². The molecule has 0 aromatic rings. The Balaban J connectivity index is 2.32. The zero-order valence-corrected chi connectivity index (χ0v) is 2.48. The second-order valence-corrected chi connectivity index (χ2v) is 0.543. The summed E-state index contributed by atoms with van der Waals surface area (Å²) in [6.45, 7) is 0. The summed E-state index contributed by atoms with van der Waals surface area (Å²) in [7, 11) is 0. The molecule has 0 amide bonds. The smallest absolute Gasteiger partial charge is 0.0378 e. The zero-order chi connectivity index (χ0) is 3.58. The van der Waals surface area contributed by atoms with Crippen LogP contribution < -0.4 is 0 Å². The SMILES string of the molecule is ON(O)Cl. The number of nitrogens with zero attached hydrogens (tertiary/aromatic N) is 1. The van der Waals surface area contributed by atoms with Gasteiger partial charge in [0.2, 0.25) is 0 Å². The van der Waals surface area contributed by atoms with Gasteiger partial charge in [-0.1, -0.05) is 0 Å². The molecule has 0 rings (SSSR count). The van der Waals surface area contributed by atoms with Crippen molar-refractivity contribution in [2.75, 3.05) is 0 Å². The van der Waals surface area contributed by atoms with E-state index in [2.05, 4.69) is 11.8 Å². The van der Waals surface area contributed by atoms with Crippen LogP contribution in [-0.2, 0) is 0 Å². The first-order valence-corrected chi connectivity index (χ1v) is 0.907. The Morgan fingerprint density at radius 2 is 1.50 bits per heavy atom. The Bertz CT molecular complexity index is 10.8. The van der Waals surface area contributed by atoms with Crippen LogP contribution in [0.15, 0.2) is 0 Å². The van der Waals surface area contributed by atoms with E-state index in [1.54, 1.807) is 0 Å². The average molecular weight is 83.5 g/mol. The predicted molar refractivity (Wildman–Crippen MR) is 11.3 cm³/mol. The van der Waals surface area contributed by atoms with Crippen LogP contribution >= 0.6 is 11.8 Å². The summed E-state index contributed by atoms with van der Waals surface area (Å²) in [5.41, 5.74) is 0. The molecule has 0 aromatic heterocycles. The number of rotatable bonds is 0. The number of hydrogen-bond acceptors (Lipinski definition) is 3. The molecule has 0 aliphatic rings. The van der Waals surface area contributed by atoms with Gasteiger partial charge in [0.15, 0.2) is 0 Å². The largest absolute Gasteiger partial charge is 0.275 e. The normalized spacial score (nSPS) is 9.00. The van der Waals surface area contributed by atoms with Crippen molar-refractivity contribution in [3.63, 3.8) is 0 Å². The van der Waals surface area contributed by atoms with E-state index in [-0.39, 0.29) is 0 Å². The molecule has 0 heterocycles. The summed E-state index contributed by atoms with van der Waals surface area (Å²) in [6, 6.07) is 0. The monoisotopic (exact) mass is 83.0 g/mol. The fraction of sp³-hybridized carbons (Fsp3) is 0. The number of halogens is 1. The van der Waals surface area contributed by atoms with Crippen LogP contribution in [0.1, 0.15) is 0 Å². The average Bonchev–Trinajstić information content (AvgIpc) is 0.811. The lowest BCUT2D eigenvalue weighted by Gasteiger charge is -1.81. The van der Waals surface area contributed by atoms with E-state index in [0.29, 0.717) is 0 Å². The summed E-state index contributed by atoms with van der Waals surface area (Å²) < 4.78 is -0.528. The summed E-state index contributed by atoms with van der Waals surface area (Å²) in [6.07, 6.45) is 0. The summed E-state index contributed by atoms with van der Waals surface area (Å²) in [5.74, 6) is 0. The van der Waals surface area contributed by atoms with Crippen LogP contribution in [0.2, 0.25) is 0 Å². The highest BCUT2D eigenvalue weighted by Crippen LogP contribution is 1.69. The van der Waals surface area contributed by atoms with Crippen molar-refractivity contribution >= 4 is 11.8 Å². The third-order valence-electron chi connectivity index (χ3n) is 0. The maximum Gasteiger partial charge on any atom is 0.0378 e. The van der Waals surface area contributed by atoms with E-state index in [1.807, 2.05) is 0 Å². The van der Waals surface area contributed by atoms with Crippen LogP contribution in [0.25, 0.3) is 0 Å². The lowest BCUT2D eigenvalue weighted by molar-refractivity contribution is -0.227. The lowest BCUT2D eigenvalue weighted by atomic mass is 13.2. The first kappa shape index (κ1) is 4.17. The number of hydrogen-bond donors (Lipinski definition) is 2. The van der Waals surface area contributed by atoms with Gasteiger partial charge < -0.3 is 0 Å². The van der Waals surface area contributed by atoms with E-state index in [1.165, 1.54) is 0 Å². The van der Waals surface area contributed by atoms with Crippen molar-refractivity contribution in [1.82, 2.24) is 4.75 Å². The van der Waals surface area contributed by atoms with Crippen molar-refractivity contribution in [1.29, 1.82) is 0 Å². The van der Waals surface area contributed by atoms with Gasteiger partial charge in [0.1, 0.15) is 0 Å². The van der Waals surface area contributed by atoms with Crippen molar-refractivity contribution < 1.29 is 10.4 Å². The van der Waals surface area contributed by atoms with Gasteiger partial charge in [-0.05, 0) is 0 Å². The molecule has 3 nitrogen and oxygen atoms in total. The fourth-order valence-corrected chi connectivity index (χ4v) is 0. The maximum atomic E-state index is 7.21. The second-order valence-electron chi connectivity index (χ2n) is 0.241. The van der Waals surface area contributed by atoms with Crippen LogP contribution in [0.3, 0.4) is 0 Å². The van der Waals surface area contributed by atoms with Gasteiger partial charge in [0.05, 0.1) is 0 Å². The van der Waals surface area contributed by atoms with Crippen molar-refractivity contribution in [3.05, 3.63) is 0 Å². The lowest BCUT2D eigenvalue weighted by Crippen LogP contribution is -1.92.